The lowest BCUT2D eigenvalue weighted by Gasteiger charge is -2.17. The molecule has 1 aromatic carbocycles. The molecule has 0 aliphatic carbocycles. The van der Waals surface area contributed by atoms with Crippen LogP contribution in [0.3, 0.4) is 0 Å². The molecule has 0 unspecified atom stereocenters. The molecule has 1 aromatic rings. The zero-order valence-corrected chi connectivity index (χ0v) is 11.4. The number of ether oxygens (including phenoxy) is 1. The first-order chi connectivity index (χ1) is 8.43. The molecular weight excluding hydrogens is 230 g/mol. The van der Waals surface area contributed by atoms with Crippen LogP contribution < -0.4 is 4.74 Å². The number of hydrogen-bond donors (Lipinski definition) is 1. The Kier molecular flexibility index (Phi) is 5.16. The lowest BCUT2D eigenvalue weighted by molar-refractivity contribution is -0.138. The molecular formula is C14H21NO3. The summed E-state index contributed by atoms with van der Waals surface area (Å²) in [6.45, 7) is 4.89. The number of aliphatic carboxylic acids is 1. The Morgan fingerprint density at radius 2 is 2.11 bits per heavy atom. The molecule has 0 aliphatic rings. The molecule has 100 valence electrons. The molecule has 0 aliphatic heterocycles. The van der Waals surface area contributed by atoms with E-state index < -0.39 is 5.97 Å². The Morgan fingerprint density at radius 1 is 1.44 bits per heavy atom. The van der Waals surface area contributed by atoms with Gasteiger partial charge in [-0.25, -0.2) is 0 Å². The molecule has 0 saturated carbocycles. The lowest BCUT2D eigenvalue weighted by Crippen LogP contribution is -2.25. The van der Waals surface area contributed by atoms with Gasteiger partial charge in [-0.2, -0.15) is 0 Å². The second kappa shape index (κ2) is 6.40. The van der Waals surface area contributed by atoms with E-state index in [2.05, 4.69) is 19.9 Å². The second-order valence-corrected chi connectivity index (χ2v) is 4.80. The van der Waals surface area contributed by atoms with Crippen molar-refractivity contribution >= 4 is 5.97 Å². The molecule has 0 heterocycles. The number of benzene rings is 1. The monoisotopic (exact) mass is 251 g/mol. The molecule has 0 spiro atoms. The maximum absolute atomic E-state index is 10.6. The average molecular weight is 251 g/mol. The maximum Gasteiger partial charge on any atom is 0.317 e. The molecule has 4 nitrogen and oxygen atoms in total. The standard InChI is InChI=1S/C14H21NO3/c1-10(2)12-7-11(5-6-13(12)18-4)8-15(3)9-14(16)17/h5-7,10H,8-9H2,1-4H3,(H,16,17). The predicted molar refractivity (Wildman–Crippen MR) is 71.1 cm³/mol. The topological polar surface area (TPSA) is 49.8 Å². The van der Waals surface area contributed by atoms with E-state index in [0.29, 0.717) is 12.5 Å². The van der Waals surface area contributed by atoms with Crippen LogP contribution in [0.15, 0.2) is 18.2 Å². The van der Waals surface area contributed by atoms with Crippen molar-refractivity contribution in [2.45, 2.75) is 26.3 Å². The first-order valence-corrected chi connectivity index (χ1v) is 6.01. The Labute approximate surface area is 108 Å². The molecule has 1 N–H and O–H groups in total. The highest BCUT2D eigenvalue weighted by atomic mass is 16.5. The minimum Gasteiger partial charge on any atom is -0.496 e. The quantitative estimate of drug-likeness (QED) is 0.843. The van der Waals surface area contributed by atoms with Gasteiger partial charge in [-0.1, -0.05) is 26.0 Å². The SMILES string of the molecule is COc1ccc(CN(C)CC(=O)O)cc1C(C)C. The highest BCUT2D eigenvalue weighted by molar-refractivity contribution is 5.69. The molecule has 1 rings (SSSR count). The van der Waals surface area contributed by atoms with Crippen LogP contribution in [0.1, 0.15) is 30.9 Å². The molecule has 18 heavy (non-hydrogen) atoms. The van der Waals surface area contributed by atoms with Crippen molar-refractivity contribution in [2.75, 3.05) is 20.7 Å². The number of carbonyl (C=O) groups is 1. The summed E-state index contributed by atoms with van der Waals surface area (Å²) in [6.07, 6.45) is 0. The summed E-state index contributed by atoms with van der Waals surface area (Å²) in [5.74, 6) is 0.453. The van der Waals surface area contributed by atoms with Gasteiger partial charge >= 0.3 is 5.97 Å². The van der Waals surface area contributed by atoms with Crippen LogP contribution in [0.25, 0.3) is 0 Å². The minimum absolute atomic E-state index is 0.0447. The van der Waals surface area contributed by atoms with E-state index in [0.717, 1.165) is 16.9 Å². The van der Waals surface area contributed by atoms with E-state index in [4.69, 9.17) is 9.84 Å². The van der Waals surface area contributed by atoms with Crippen LogP contribution in [0.2, 0.25) is 0 Å². The van der Waals surface area contributed by atoms with Crippen molar-refractivity contribution in [3.63, 3.8) is 0 Å². The van der Waals surface area contributed by atoms with E-state index >= 15 is 0 Å². The third-order valence-corrected chi connectivity index (χ3v) is 2.77. The van der Waals surface area contributed by atoms with Gasteiger partial charge in [0.05, 0.1) is 13.7 Å². The number of nitrogens with zero attached hydrogens (tertiary/aromatic N) is 1. The van der Waals surface area contributed by atoms with Crippen molar-refractivity contribution in [2.24, 2.45) is 0 Å². The first-order valence-electron chi connectivity index (χ1n) is 6.01. The number of rotatable bonds is 6. The maximum atomic E-state index is 10.6. The van der Waals surface area contributed by atoms with Crippen LogP contribution in [0, 0.1) is 0 Å². The summed E-state index contributed by atoms with van der Waals surface area (Å²) >= 11 is 0. The Balaban J connectivity index is 2.84. The van der Waals surface area contributed by atoms with Gasteiger partial charge in [0.15, 0.2) is 0 Å². The van der Waals surface area contributed by atoms with Gasteiger partial charge in [-0.3, -0.25) is 9.69 Å². The number of carboxylic acids is 1. The Bertz CT molecular complexity index is 416. The van der Waals surface area contributed by atoms with E-state index in [1.165, 1.54) is 0 Å². The van der Waals surface area contributed by atoms with Gasteiger partial charge in [0, 0.05) is 6.54 Å². The third-order valence-electron chi connectivity index (χ3n) is 2.77. The van der Waals surface area contributed by atoms with Gasteiger partial charge in [0.1, 0.15) is 5.75 Å². The number of carboxylic acid groups (broad SMARTS) is 1. The van der Waals surface area contributed by atoms with Crippen molar-refractivity contribution < 1.29 is 14.6 Å². The molecule has 4 heteroatoms. The normalized spacial score (nSPS) is 11.0. The van der Waals surface area contributed by atoms with E-state index in [1.807, 2.05) is 12.1 Å². The smallest absolute Gasteiger partial charge is 0.317 e. The van der Waals surface area contributed by atoms with Gasteiger partial charge in [0.25, 0.3) is 0 Å². The Hall–Kier alpha value is -1.55. The summed E-state index contributed by atoms with van der Waals surface area (Å²) in [7, 11) is 3.46. The fraction of sp³-hybridized carbons (Fsp3) is 0.500. The fourth-order valence-corrected chi connectivity index (χ4v) is 1.93. The van der Waals surface area contributed by atoms with E-state index in [1.54, 1.807) is 19.1 Å². The minimum atomic E-state index is -0.810. The average Bonchev–Trinajstić information content (AvgIpc) is 2.27. The summed E-state index contributed by atoms with van der Waals surface area (Å²) in [5.41, 5.74) is 2.25. The zero-order chi connectivity index (χ0) is 13.7. The third kappa shape index (κ3) is 4.04. The summed E-state index contributed by atoms with van der Waals surface area (Å²) in [6, 6.07) is 6.00. The van der Waals surface area contributed by atoms with Crippen LogP contribution >= 0.6 is 0 Å². The largest absolute Gasteiger partial charge is 0.496 e. The molecule has 0 atom stereocenters. The van der Waals surface area contributed by atoms with Gasteiger partial charge in [0.2, 0.25) is 0 Å². The molecule has 0 saturated heterocycles. The molecule has 0 fully saturated rings. The van der Waals surface area contributed by atoms with E-state index in [-0.39, 0.29) is 6.54 Å². The summed E-state index contributed by atoms with van der Waals surface area (Å²) < 4.78 is 5.32. The summed E-state index contributed by atoms with van der Waals surface area (Å²) in [4.78, 5) is 12.4. The highest BCUT2D eigenvalue weighted by Crippen LogP contribution is 2.27. The van der Waals surface area contributed by atoms with Crippen molar-refractivity contribution in [3.8, 4) is 5.75 Å². The molecule has 0 aromatic heterocycles. The van der Waals surface area contributed by atoms with E-state index in [9.17, 15) is 4.79 Å². The van der Waals surface area contributed by atoms with Crippen LogP contribution in [0.4, 0.5) is 0 Å². The second-order valence-electron chi connectivity index (χ2n) is 4.80. The van der Waals surface area contributed by atoms with Crippen LogP contribution in [-0.2, 0) is 11.3 Å². The van der Waals surface area contributed by atoms with Gasteiger partial charge in [-0.15, -0.1) is 0 Å². The number of likely N-dealkylation sites (N-methyl/N-ethyl adjacent to an activating group) is 1. The Morgan fingerprint density at radius 3 is 2.61 bits per heavy atom. The molecule has 0 bridgehead atoms. The van der Waals surface area contributed by atoms with Crippen LogP contribution in [-0.4, -0.2) is 36.7 Å². The first kappa shape index (κ1) is 14.5. The van der Waals surface area contributed by atoms with Gasteiger partial charge < -0.3 is 9.84 Å². The summed E-state index contributed by atoms with van der Waals surface area (Å²) in [5, 5.41) is 8.73. The molecule has 0 amide bonds. The van der Waals surface area contributed by atoms with Crippen molar-refractivity contribution in [3.05, 3.63) is 29.3 Å². The van der Waals surface area contributed by atoms with Crippen molar-refractivity contribution in [1.29, 1.82) is 0 Å². The number of methoxy groups -OCH3 is 1. The zero-order valence-electron chi connectivity index (χ0n) is 11.4. The number of hydrogen-bond acceptors (Lipinski definition) is 3. The highest BCUT2D eigenvalue weighted by Gasteiger charge is 2.10. The van der Waals surface area contributed by atoms with Crippen LogP contribution in [0.5, 0.6) is 5.75 Å². The molecule has 0 radical (unpaired) electrons. The van der Waals surface area contributed by atoms with Crippen molar-refractivity contribution in [1.82, 2.24) is 4.90 Å². The van der Waals surface area contributed by atoms with Gasteiger partial charge in [-0.05, 0) is 30.2 Å². The predicted octanol–water partition coefficient (Wildman–Crippen LogP) is 2.33. The fourth-order valence-electron chi connectivity index (χ4n) is 1.93. The lowest BCUT2D eigenvalue weighted by atomic mass is 9.99.